The van der Waals surface area contributed by atoms with Crippen molar-refractivity contribution in [3.8, 4) is 0 Å². The molecule has 0 radical (unpaired) electrons. The van der Waals surface area contributed by atoms with Gasteiger partial charge in [-0.3, -0.25) is 9.59 Å². The lowest BCUT2D eigenvalue weighted by atomic mass is 10.2. The highest BCUT2D eigenvalue weighted by molar-refractivity contribution is 7.12. The molecule has 1 aromatic carbocycles. The van der Waals surface area contributed by atoms with Gasteiger partial charge in [0.05, 0.1) is 4.88 Å². The smallest absolute Gasteiger partial charge is 0.312 e. The van der Waals surface area contributed by atoms with Crippen molar-refractivity contribution in [2.24, 2.45) is 5.73 Å². The van der Waals surface area contributed by atoms with Crippen LogP contribution in [0.25, 0.3) is 0 Å². The van der Waals surface area contributed by atoms with Crippen LogP contribution in [0.3, 0.4) is 0 Å². The van der Waals surface area contributed by atoms with Crippen LogP contribution < -0.4 is 16.4 Å². The lowest BCUT2D eigenvalue weighted by molar-refractivity contribution is 0.0789. The molecule has 1 aliphatic heterocycles. The molecule has 1 atom stereocenters. The summed E-state index contributed by atoms with van der Waals surface area (Å²) in [5, 5.41) is 7.25. The predicted molar refractivity (Wildman–Crippen MR) is 95.7 cm³/mol. The van der Waals surface area contributed by atoms with Crippen LogP contribution in [0.1, 0.15) is 26.5 Å². The molecule has 1 fully saturated rings. The summed E-state index contributed by atoms with van der Waals surface area (Å²) in [6, 6.07) is 9.65. The summed E-state index contributed by atoms with van der Waals surface area (Å²) in [4.78, 5) is 37.7. The summed E-state index contributed by atoms with van der Waals surface area (Å²) in [5.74, 6) is -0.279. The molecule has 0 bridgehead atoms. The van der Waals surface area contributed by atoms with Crippen molar-refractivity contribution in [1.82, 2.24) is 10.2 Å². The van der Waals surface area contributed by atoms with E-state index in [1.807, 2.05) is 11.4 Å². The van der Waals surface area contributed by atoms with E-state index < -0.39 is 6.03 Å². The highest BCUT2D eigenvalue weighted by atomic mass is 32.1. The zero-order valence-electron chi connectivity index (χ0n) is 13.4. The van der Waals surface area contributed by atoms with Gasteiger partial charge in [0.2, 0.25) is 0 Å². The van der Waals surface area contributed by atoms with Crippen LogP contribution in [-0.2, 0) is 0 Å². The number of benzene rings is 1. The number of nitrogens with two attached hydrogens (primary N) is 1. The van der Waals surface area contributed by atoms with E-state index in [9.17, 15) is 14.4 Å². The second kappa shape index (κ2) is 7.35. The molecule has 130 valence electrons. The molecule has 1 aliphatic rings. The average molecular weight is 358 g/mol. The molecule has 8 heteroatoms. The number of hydrogen-bond donors (Lipinski definition) is 3. The van der Waals surface area contributed by atoms with Crippen LogP contribution in [0, 0.1) is 0 Å². The minimum atomic E-state index is -0.579. The highest BCUT2D eigenvalue weighted by Gasteiger charge is 2.27. The van der Waals surface area contributed by atoms with E-state index in [1.165, 1.54) is 11.3 Å². The standard InChI is InChI=1S/C17H18N4O3S/c18-17(24)20-13-7-8-21(10-13)16(23)11-3-5-12(6-4-11)19-15(22)14-2-1-9-25-14/h1-6,9,13H,7-8,10H2,(H,19,22)(H3,18,20,24)/t13-/m1/s1. The van der Waals surface area contributed by atoms with Gasteiger partial charge in [-0.15, -0.1) is 11.3 Å². The molecule has 1 aromatic heterocycles. The van der Waals surface area contributed by atoms with Gasteiger partial charge in [0.25, 0.3) is 11.8 Å². The number of amides is 4. The quantitative estimate of drug-likeness (QED) is 0.777. The van der Waals surface area contributed by atoms with Crippen LogP contribution >= 0.6 is 11.3 Å². The maximum atomic E-state index is 12.5. The van der Waals surface area contributed by atoms with Crippen molar-refractivity contribution in [3.05, 3.63) is 52.2 Å². The largest absolute Gasteiger partial charge is 0.352 e. The summed E-state index contributed by atoms with van der Waals surface area (Å²) in [7, 11) is 0. The van der Waals surface area contributed by atoms with E-state index >= 15 is 0 Å². The Morgan fingerprint density at radius 1 is 1.16 bits per heavy atom. The zero-order valence-corrected chi connectivity index (χ0v) is 14.2. The van der Waals surface area contributed by atoms with Crippen LogP contribution in [0.5, 0.6) is 0 Å². The van der Waals surface area contributed by atoms with Gasteiger partial charge in [0.1, 0.15) is 0 Å². The van der Waals surface area contributed by atoms with Crippen molar-refractivity contribution in [1.29, 1.82) is 0 Å². The Balaban J connectivity index is 1.59. The number of rotatable bonds is 4. The van der Waals surface area contributed by atoms with Crippen LogP contribution in [0.2, 0.25) is 0 Å². The van der Waals surface area contributed by atoms with Gasteiger partial charge >= 0.3 is 6.03 Å². The molecule has 0 saturated carbocycles. The number of primary amides is 1. The molecule has 0 aliphatic carbocycles. The number of thiophene rings is 1. The summed E-state index contributed by atoms with van der Waals surface area (Å²) >= 11 is 1.37. The minimum absolute atomic E-state index is 0.106. The number of nitrogens with one attached hydrogen (secondary N) is 2. The first kappa shape index (κ1) is 17.0. The first-order chi connectivity index (χ1) is 12.0. The molecule has 0 spiro atoms. The number of carbonyl (C=O) groups excluding carboxylic acids is 3. The van der Waals surface area contributed by atoms with Crippen LogP contribution in [-0.4, -0.2) is 41.9 Å². The van der Waals surface area contributed by atoms with Crippen LogP contribution in [0.15, 0.2) is 41.8 Å². The molecule has 4 amide bonds. The third-order valence-corrected chi connectivity index (χ3v) is 4.83. The van der Waals surface area contributed by atoms with Crippen LogP contribution in [0.4, 0.5) is 10.5 Å². The molecule has 0 unspecified atom stereocenters. The van der Waals surface area contributed by atoms with Gasteiger partial charge in [-0.25, -0.2) is 4.79 Å². The maximum absolute atomic E-state index is 12.5. The number of hydrogen-bond acceptors (Lipinski definition) is 4. The molecule has 4 N–H and O–H groups in total. The lowest BCUT2D eigenvalue weighted by Gasteiger charge is -2.17. The zero-order chi connectivity index (χ0) is 17.8. The third-order valence-electron chi connectivity index (χ3n) is 3.96. The fourth-order valence-corrected chi connectivity index (χ4v) is 3.36. The Hall–Kier alpha value is -2.87. The Labute approximate surface area is 148 Å². The first-order valence-corrected chi connectivity index (χ1v) is 8.71. The Morgan fingerprint density at radius 3 is 2.56 bits per heavy atom. The fraction of sp³-hybridized carbons (Fsp3) is 0.235. The number of carbonyl (C=O) groups is 3. The summed E-state index contributed by atoms with van der Waals surface area (Å²) in [6.45, 7) is 1.01. The second-order valence-corrected chi connectivity index (χ2v) is 6.70. The molecular weight excluding hydrogens is 340 g/mol. The molecule has 7 nitrogen and oxygen atoms in total. The molecule has 1 saturated heterocycles. The van der Waals surface area contributed by atoms with Crippen molar-refractivity contribution >= 4 is 34.9 Å². The molecule has 25 heavy (non-hydrogen) atoms. The van der Waals surface area contributed by atoms with E-state index in [0.29, 0.717) is 35.6 Å². The minimum Gasteiger partial charge on any atom is -0.352 e. The van der Waals surface area contributed by atoms with Gasteiger partial charge in [-0.1, -0.05) is 6.07 Å². The lowest BCUT2D eigenvalue weighted by Crippen LogP contribution is -2.41. The predicted octanol–water partition coefficient (Wildman–Crippen LogP) is 1.88. The number of anilines is 1. The molecular formula is C17H18N4O3S. The number of nitrogens with zero attached hydrogens (tertiary/aromatic N) is 1. The van der Waals surface area contributed by atoms with Crippen molar-refractivity contribution in [2.45, 2.75) is 12.5 Å². The van der Waals surface area contributed by atoms with Crippen molar-refractivity contribution < 1.29 is 14.4 Å². The Morgan fingerprint density at radius 2 is 1.92 bits per heavy atom. The summed E-state index contributed by atoms with van der Waals surface area (Å²) in [6.07, 6.45) is 0.684. The highest BCUT2D eigenvalue weighted by Crippen LogP contribution is 2.17. The van der Waals surface area contributed by atoms with Crippen molar-refractivity contribution in [3.63, 3.8) is 0 Å². The van der Waals surface area contributed by atoms with E-state index in [2.05, 4.69) is 10.6 Å². The number of likely N-dealkylation sites (tertiary alicyclic amines) is 1. The van der Waals surface area contributed by atoms with E-state index in [-0.39, 0.29) is 17.9 Å². The van der Waals surface area contributed by atoms with Crippen molar-refractivity contribution in [2.75, 3.05) is 18.4 Å². The summed E-state index contributed by atoms with van der Waals surface area (Å²) < 4.78 is 0. The van der Waals surface area contributed by atoms with E-state index in [0.717, 1.165) is 0 Å². The first-order valence-electron chi connectivity index (χ1n) is 7.83. The molecule has 2 aromatic rings. The SMILES string of the molecule is NC(=O)N[C@@H]1CCN(C(=O)c2ccc(NC(=O)c3cccs3)cc2)C1. The molecule has 3 rings (SSSR count). The third kappa shape index (κ3) is 4.16. The van der Waals surface area contributed by atoms with Gasteiger partial charge < -0.3 is 21.3 Å². The maximum Gasteiger partial charge on any atom is 0.312 e. The van der Waals surface area contributed by atoms with Gasteiger partial charge in [0, 0.05) is 30.4 Å². The molecule has 2 heterocycles. The normalized spacial score (nSPS) is 16.5. The average Bonchev–Trinajstić information content (AvgIpc) is 3.26. The van der Waals surface area contributed by atoms with Gasteiger partial charge in [-0.2, -0.15) is 0 Å². The van der Waals surface area contributed by atoms with Gasteiger partial charge in [-0.05, 0) is 42.1 Å². The van der Waals surface area contributed by atoms with E-state index in [4.69, 9.17) is 5.73 Å². The second-order valence-electron chi connectivity index (χ2n) is 5.75. The Bertz CT molecular complexity index is 774. The Kier molecular flexibility index (Phi) is 4.99. The summed E-state index contributed by atoms with van der Waals surface area (Å²) in [5.41, 5.74) is 6.27. The fourth-order valence-electron chi connectivity index (χ4n) is 2.74. The van der Waals surface area contributed by atoms with Gasteiger partial charge in [0.15, 0.2) is 0 Å². The van der Waals surface area contributed by atoms with E-state index in [1.54, 1.807) is 35.2 Å². The topological polar surface area (TPSA) is 105 Å². The monoisotopic (exact) mass is 358 g/mol. The number of urea groups is 1.